The van der Waals surface area contributed by atoms with Crippen molar-refractivity contribution >= 4 is 20.2 Å². The third kappa shape index (κ3) is 6.25. The maximum Gasteiger partial charge on any atom is 0.266 e. The van der Waals surface area contributed by atoms with Crippen LogP contribution in [-0.2, 0) is 24.4 Å². The summed E-state index contributed by atoms with van der Waals surface area (Å²) >= 11 is 3.90. The minimum atomic E-state index is -3.51. The molecule has 2 N–H and O–H groups in total. The highest BCUT2D eigenvalue weighted by atomic mass is 32.9. The maximum atomic E-state index is 9.98. The Hall–Kier alpha value is 0.250. The number of hydrogen-bond acceptors (Lipinski definition) is 4. The molecule has 1 atom stereocenters. The van der Waals surface area contributed by atoms with E-state index in [9.17, 15) is 4.21 Å². The Bertz CT molecular complexity index is 136. The SMILES string of the molecule is O=S(O)(=S)OCCO. The van der Waals surface area contributed by atoms with Crippen LogP contribution >= 0.6 is 0 Å². The monoisotopic (exact) mass is 158 g/mol. The van der Waals surface area contributed by atoms with Gasteiger partial charge in [0.2, 0.25) is 0 Å². The first kappa shape index (κ1) is 8.25. The first-order valence-corrected chi connectivity index (χ1v) is 4.15. The Balaban J connectivity index is 3.42. The lowest BCUT2D eigenvalue weighted by molar-refractivity contribution is 0.201. The minimum Gasteiger partial charge on any atom is -0.394 e. The molecule has 0 bridgehead atoms. The third-order valence-electron chi connectivity index (χ3n) is 0.324. The van der Waals surface area contributed by atoms with Crippen molar-refractivity contribution in [2.45, 2.75) is 0 Å². The Labute approximate surface area is 52.2 Å². The van der Waals surface area contributed by atoms with E-state index < -0.39 is 9.05 Å². The van der Waals surface area contributed by atoms with E-state index >= 15 is 0 Å². The molecule has 4 nitrogen and oxygen atoms in total. The molecule has 50 valence electrons. The highest BCUT2D eigenvalue weighted by Crippen LogP contribution is 1.83. The average molecular weight is 158 g/mol. The third-order valence-corrected chi connectivity index (χ3v) is 1.08. The molecule has 0 aliphatic rings. The Morgan fingerprint density at radius 1 is 1.75 bits per heavy atom. The van der Waals surface area contributed by atoms with E-state index in [2.05, 4.69) is 15.4 Å². The summed E-state index contributed by atoms with van der Waals surface area (Å²) in [6, 6.07) is 0. The van der Waals surface area contributed by atoms with Crippen molar-refractivity contribution < 1.29 is 18.1 Å². The maximum absolute atomic E-state index is 9.98. The van der Waals surface area contributed by atoms with Gasteiger partial charge in [0, 0.05) is 11.2 Å². The van der Waals surface area contributed by atoms with Gasteiger partial charge in [-0.1, -0.05) is 0 Å². The second-order valence-electron chi connectivity index (χ2n) is 0.973. The van der Waals surface area contributed by atoms with Gasteiger partial charge in [-0.05, 0) is 0 Å². The summed E-state index contributed by atoms with van der Waals surface area (Å²) in [5, 5.41) is 8.02. The average Bonchev–Trinajstić information content (AvgIpc) is 1.59. The first-order chi connectivity index (χ1) is 3.56. The van der Waals surface area contributed by atoms with Gasteiger partial charge in [-0.25, -0.2) is 0 Å². The van der Waals surface area contributed by atoms with Gasteiger partial charge in [0.1, 0.15) is 0 Å². The van der Waals surface area contributed by atoms with Crippen LogP contribution in [0.3, 0.4) is 0 Å². The molecule has 0 aliphatic heterocycles. The van der Waals surface area contributed by atoms with E-state index in [4.69, 9.17) is 9.66 Å². The molecule has 0 aromatic heterocycles. The fourth-order valence-corrected chi connectivity index (χ4v) is 0.632. The van der Waals surface area contributed by atoms with Crippen LogP contribution in [-0.4, -0.2) is 27.1 Å². The molecule has 0 aromatic carbocycles. The van der Waals surface area contributed by atoms with E-state index in [-0.39, 0.29) is 13.2 Å². The van der Waals surface area contributed by atoms with Gasteiger partial charge in [-0.15, -0.1) is 0 Å². The Morgan fingerprint density at radius 2 is 2.25 bits per heavy atom. The van der Waals surface area contributed by atoms with Gasteiger partial charge in [0.05, 0.1) is 13.2 Å². The summed E-state index contributed by atoms with van der Waals surface area (Å²) in [4.78, 5) is 0. The molecule has 0 amide bonds. The van der Waals surface area contributed by atoms with Crippen molar-refractivity contribution in [3.63, 3.8) is 0 Å². The summed E-state index contributed by atoms with van der Waals surface area (Å²) in [7, 11) is -3.51. The van der Waals surface area contributed by atoms with Crippen molar-refractivity contribution in [2.24, 2.45) is 0 Å². The molecular formula is C2H6O4S2. The second kappa shape index (κ2) is 3.31. The highest BCUT2D eigenvalue weighted by molar-refractivity contribution is 8.27. The van der Waals surface area contributed by atoms with Gasteiger partial charge in [-0.2, -0.15) is 4.21 Å². The van der Waals surface area contributed by atoms with Crippen molar-refractivity contribution in [3.05, 3.63) is 0 Å². The zero-order valence-corrected chi connectivity index (χ0v) is 5.57. The van der Waals surface area contributed by atoms with Gasteiger partial charge < -0.3 is 5.11 Å². The van der Waals surface area contributed by atoms with Crippen molar-refractivity contribution in [1.82, 2.24) is 0 Å². The van der Waals surface area contributed by atoms with Crippen LogP contribution in [0.1, 0.15) is 0 Å². The molecule has 0 saturated heterocycles. The predicted octanol–water partition coefficient (Wildman–Crippen LogP) is -0.870. The summed E-state index contributed by atoms with van der Waals surface area (Å²) < 4.78 is 22.2. The minimum absolute atomic E-state index is 0.196. The van der Waals surface area contributed by atoms with Crippen LogP contribution in [0, 0.1) is 0 Å². The Morgan fingerprint density at radius 3 is 2.38 bits per heavy atom. The molecule has 0 spiro atoms. The van der Waals surface area contributed by atoms with E-state index in [1.165, 1.54) is 0 Å². The fourth-order valence-electron chi connectivity index (χ4n) is 0.143. The van der Waals surface area contributed by atoms with Gasteiger partial charge in [0.15, 0.2) is 0 Å². The van der Waals surface area contributed by atoms with E-state index in [1.54, 1.807) is 0 Å². The predicted molar refractivity (Wildman–Crippen MR) is 31.2 cm³/mol. The van der Waals surface area contributed by atoms with Crippen molar-refractivity contribution in [1.29, 1.82) is 0 Å². The van der Waals surface area contributed by atoms with E-state index in [1.807, 2.05) is 0 Å². The molecule has 1 unspecified atom stereocenters. The highest BCUT2D eigenvalue weighted by Gasteiger charge is 1.95. The molecule has 8 heavy (non-hydrogen) atoms. The van der Waals surface area contributed by atoms with Crippen LogP contribution in [0.2, 0.25) is 0 Å². The first-order valence-electron chi connectivity index (χ1n) is 1.79. The van der Waals surface area contributed by atoms with Crippen LogP contribution in [0.25, 0.3) is 0 Å². The molecular weight excluding hydrogens is 152 g/mol. The molecule has 6 heteroatoms. The van der Waals surface area contributed by atoms with Crippen LogP contribution < -0.4 is 0 Å². The number of aliphatic hydroxyl groups is 1. The second-order valence-corrected chi connectivity index (χ2v) is 3.33. The van der Waals surface area contributed by atoms with Crippen LogP contribution in [0.5, 0.6) is 0 Å². The zero-order valence-electron chi connectivity index (χ0n) is 3.94. The smallest absolute Gasteiger partial charge is 0.266 e. The normalized spacial score (nSPS) is 17.8. The lowest BCUT2D eigenvalue weighted by Crippen LogP contribution is -2.05. The van der Waals surface area contributed by atoms with Crippen LogP contribution in [0.15, 0.2) is 0 Å². The van der Waals surface area contributed by atoms with Gasteiger partial charge >= 0.3 is 0 Å². The standard InChI is InChI=1S/C2H6O4S2/c3-1-2-6-8(4,5)7/h3H,1-2H2,(H,4,5,7). The lowest BCUT2D eigenvalue weighted by atomic mass is 10.8. The van der Waals surface area contributed by atoms with Crippen LogP contribution in [0.4, 0.5) is 0 Å². The summed E-state index contributed by atoms with van der Waals surface area (Å²) in [6.07, 6.45) is 0. The number of rotatable bonds is 3. The van der Waals surface area contributed by atoms with Crippen molar-refractivity contribution in [3.8, 4) is 0 Å². The van der Waals surface area contributed by atoms with E-state index in [0.717, 1.165) is 0 Å². The number of aliphatic hydroxyl groups excluding tert-OH is 1. The fraction of sp³-hybridized carbons (Fsp3) is 1.00. The molecule has 0 fully saturated rings. The topological polar surface area (TPSA) is 66.8 Å². The largest absolute Gasteiger partial charge is 0.394 e. The molecule has 0 rings (SSSR count). The van der Waals surface area contributed by atoms with Gasteiger partial charge in [-0.3, -0.25) is 8.74 Å². The summed E-state index contributed by atoms with van der Waals surface area (Å²) in [6.45, 7) is -0.493. The van der Waals surface area contributed by atoms with Crippen molar-refractivity contribution in [2.75, 3.05) is 13.2 Å². The molecule has 0 saturated carbocycles. The summed E-state index contributed by atoms with van der Waals surface area (Å²) in [5.41, 5.74) is 0. The Kier molecular flexibility index (Phi) is 3.41. The molecule has 0 heterocycles. The molecule has 0 aromatic rings. The zero-order chi connectivity index (χ0) is 6.62. The van der Waals surface area contributed by atoms with Gasteiger partial charge in [0.25, 0.3) is 9.05 Å². The number of hydrogen-bond donors (Lipinski definition) is 2. The molecule has 0 radical (unpaired) electrons. The summed E-state index contributed by atoms with van der Waals surface area (Å²) in [5.74, 6) is 0. The quantitative estimate of drug-likeness (QED) is 0.559. The molecule has 0 aliphatic carbocycles. The lowest BCUT2D eigenvalue weighted by Gasteiger charge is -1.95. The van der Waals surface area contributed by atoms with E-state index in [0.29, 0.717) is 0 Å².